The molecular formula is C31H28F4N2O2. The first-order chi connectivity index (χ1) is 18.5. The summed E-state index contributed by atoms with van der Waals surface area (Å²) >= 11 is 0. The maximum absolute atomic E-state index is 14.3. The maximum Gasteiger partial charge on any atom is 0.416 e. The number of carbonyl (C=O) groups is 2. The van der Waals surface area contributed by atoms with Crippen molar-refractivity contribution >= 4 is 17.8 Å². The fraction of sp³-hybridized carbons (Fsp3) is 0.323. The van der Waals surface area contributed by atoms with Crippen LogP contribution in [0.4, 0.5) is 17.6 Å². The molecule has 2 atom stereocenters. The Morgan fingerprint density at radius 3 is 2.54 bits per heavy atom. The van der Waals surface area contributed by atoms with E-state index in [2.05, 4.69) is 11.9 Å². The second-order valence-electron chi connectivity index (χ2n) is 10.5. The molecule has 3 aromatic rings. The summed E-state index contributed by atoms with van der Waals surface area (Å²) in [5, 5.41) is 1.86. The minimum absolute atomic E-state index is 0.0409. The standard InChI is InChI=1S/C22H21F4NO.C9H7NO/c1-21-10-9-20(28)27(2)19(21)8-4-14-11-13(3-6-17(14)21)16-12-15(22(24,25)26)5-7-18(16)23;11-8-5-7-3-1-2-4-9(7)10-6-8/h3,5-7,11-12,19H,4,8-10H2,1-2H3;1-5H,6H2/t19-,21-;/m1./s1. The number of rotatable bonds is 1. The zero-order chi connectivity index (χ0) is 27.9. The number of likely N-dealkylation sites (tertiary alicyclic amines) is 1. The van der Waals surface area contributed by atoms with Crippen LogP contribution in [0.15, 0.2) is 65.7 Å². The smallest absolute Gasteiger partial charge is 0.342 e. The van der Waals surface area contributed by atoms with E-state index in [0.717, 1.165) is 52.7 Å². The zero-order valence-corrected chi connectivity index (χ0v) is 21.7. The number of para-hydroxylation sites is 1. The topological polar surface area (TPSA) is 49.7 Å². The van der Waals surface area contributed by atoms with Crippen molar-refractivity contribution in [3.05, 3.63) is 93.7 Å². The SMILES string of the molecule is CN1C(=O)CC[C@]2(C)c3ccc(-c4cc(C(F)(F)F)ccc4F)cc3CC[C@@H]12.O=C1C=c2ccccc2=NC1. The summed E-state index contributed by atoms with van der Waals surface area (Å²) in [6.07, 6.45) is -0.154. The third kappa shape index (κ3) is 5.12. The molecule has 1 aliphatic carbocycles. The molecule has 2 heterocycles. The van der Waals surface area contributed by atoms with Crippen LogP contribution in [-0.2, 0) is 27.6 Å². The molecule has 3 aromatic carbocycles. The van der Waals surface area contributed by atoms with Crippen molar-refractivity contribution in [3.8, 4) is 11.1 Å². The number of hydrogen-bond donors (Lipinski definition) is 0. The molecule has 0 aromatic heterocycles. The number of piperidine rings is 1. The van der Waals surface area contributed by atoms with E-state index < -0.39 is 17.6 Å². The van der Waals surface area contributed by atoms with Crippen molar-refractivity contribution in [1.82, 2.24) is 4.90 Å². The average molecular weight is 537 g/mol. The number of alkyl halides is 3. The van der Waals surface area contributed by atoms with E-state index in [-0.39, 0.29) is 28.7 Å². The molecule has 0 spiro atoms. The molecule has 39 heavy (non-hydrogen) atoms. The third-order valence-electron chi connectivity index (χ3n) is 8.13. The van der Waals surface area contributed by atoms with Crippen LogP contribution in [0.3, 0.4) is 0 Å². The number of likely N-dealkylation sites (N-methyl/N-ethyl adjacent to an activating group) is 1. The van der Waals surface area contributed by atoms with E-state index in [1.54, 1.807) is 12.1 Å². The van der Waals surface area contributed by atoms with Crippen molar-refractivity contribution in [1.29, 1.82) is 0 Å². The van der Waals surface area contributed by atoms with Gasteiger partial charge in [-0.25, -0.2) is 4.39 Å². The average Bonchev–Trinajstić information content (AvgIpc) is 2.91. The van der Waals surface area contributed by atoms with E-state index in [0.29, 0.717) is 24.9 Å². The van der Waals surface area contributed by atoms with E-state index in [1.807, 2.05) is 48.3 Å². The highest BCUT2D eigenvalue weighted by atomic mass is 19.4. The number of nitrogens with zero attached hydrogens (tertiary/aromatic N) is 2. The number of benzene rings is 3. The van der Waals surface area contributed by atoms with Gasteiger partial charge in [0.15, 0.2) is 5.78 Å². The van der Waals surface area contributed by atoms with Gasteiger partial charge in [-0.3, -0.25) is 14.6 Å². The van der Waals surface area contributed by atoms with Crippen LogP contribution in [0, 0.1) is 5.82 Å². The summed E-state index contributed by atoms with van der Waals surface area (Å²) in [6.45, 7) is 2.44. The monoisotopic (exact) mass is 536 g/mol. The Kier molecular flexibility index (Phi) is 6.91. The highest BCUT2D eigenvalue weighted by molar-refractivity contribution is 6.07. The predicted molar refractivity (Wildman–Crippen MR) is 140 cm³/mol. The van der Waals surface area contributed by atoms with Crippen LogP contribution in [0.1, 0.15) is 42.9 Å². The first-order valence-corrected chi connectivity index (χ1v) is 12.9. The van der Waals surface area contributed by atoms with Gasteiger partial charge < -0.3 is 4.90 Å². The number of ketones is 1. The molecule has 202 valence electrons. The zero-order valence-electron chi connectivity index (χ0n) is 21.7. The third-order valence-corrected chi connectivity index (χ3v) is 8.13. The summed E-state index contributed by atoms with van der Waals surface area (Å²) < 4.78 is 53.4. The second-order valence-corrected chi connectivity index (χ2v) is 10.5. The summed E-state index contributed by atoms with van der Waals surface area (Å²) in [5.41, 5.74) is 1.49. The Labute approximate surface area is 223 Å². The van der Waals surface area contributed by atoms with Crippen LogP contribution >= 0.6 is 0 Å². The van der Waals surface area contributed by atoms with Gasteiger partial charge in [0.25, 0.3) is 0 Å². The molecule has 0 bridgehead atoms. The lowest BCUT2D eigenvalue weighted by Crippen LogP contribution is -2.56. The molecular weight excluding hydrogens is 508 g/mol. The lowest BCUT2D eigenvalue weighted by atomic mass is 9.63. The Hall–Kier alpha value is -3.81. The van der Waals surface area contributed by atoms with Gasteiger partial charge >= 0.3 is 6.18 Å². The number of fused-ring (bicyclic) bond motifs is 4. The number of hydrogen-bond acceptors (Lipinski definition) is 3. The molecule has 3 aliphatic rings. The lowest BCUT2D eigenvalue weighted by Gasteiger charge is -2.50. The Morgan fingerprint density at radius 1 is 1.00 bits per heavy atom. The molecule has 1 saturated heterocycles. The lowest BCUT2D eigenvalue weighted by molar-refractivity contribution is -0.138. The van der Waals surface area contributed by atoms with Crippen molar-refractivity contribution < 1.29 is 27.2 Å². The van der Waals surface area contributed by atoms with Crippen molar-refractivity contribution in [2.24, 2.45) is 4.99 Å². The van der Waals surface area contributed by atoms with Gasteiger partial charge in [0.05, 0.1) is 10.9 Å². The minimum Gasteiger partial charge on any atom is -0.342 e. The van der Waals surface area contributed by atoms with Crippen LogP contribution in [0.5, 0.6) is 0 Å². The van der Waals surface area contributed by atoms with Crippen molar-refractivity contribution in [2.45, 2.75) is 50.2 Å². The molecule has 0 unspecified atom stereocenters. The summed E-state index contributed by atoms with van der Waals surface area (Å²) in [4.78, 5) is 28.9. The Balaban J connectivity index is 0.000000233. The van der Waals surface area contributed by atoms with Gasteiger partial charge in [-0.15, -0.1) is 0 Å². The van der Waals surface area contributed by atoms with Gasteiger partial charge in [-0.2, -0.15) is 13.2 Å². The quantitative estimate of drug-likeness (QED) is 0.411. The molecule has 1 fully saturated rings. The van der Waals surface area contributed by atoms with E-state index in [1.165, 1.54) is 0 Å². The molecule has 6 rings (SSSR count). The van der Waals surface area contributed by atoms with Gasteiger partial charge in [0.2, 0.25) is 5.91 Å². The van der Waals surface area contributed by atoms with Crippen molar-refractivity contribution in [2.75, 3.05) is 13.6 Å². The van der Waals surface area contributed by atoms with Gasteiger partial charge in [-0.05, 0) is 66.3 Å². The number of halogens is 4. The van der Waals surface area contributed by atoms with Crippen LogP contribution in [0.25, 0.3) is 17.2 Å². The summed E-state index contributed by atoms with van der Waals surface area (Å²) in [7, 11) is 1.84. The molecule has 0 radical (unpaired) electrons. The Morgan fingerprint density at radius 2 is 1.77 bits per heavy atom. The van der Waals surface area contributed by atoms with Gasteiger partial charge in [0, 0.05) is 35.7 Å². The summed E-state index contributed by atoms with van der Waals surface area (Å²) in [5.74, 6) is -0.437. The van der Waals surface area contributed by atoms with Gasteiger partial charge in [0.1, 0.15) is 12.4 Å². The molecule has 8 heteroatoms. The Bertz CT molecular complexity index is 1580. The maximum atomic E-state index is 14.3. The molecule has 1 amide bonds. The van der Waals surface area contributed by atoms with E-state index in [9.17, 15) is 27.2 Å². The van der Waals surface area contributed by atoms with Gasteiger partial charge in [-0.1, -0.05) is 43.3 Å². The second kappa shape index (κ2) is 10.1. The van der Waals surface area contributed by atoms with Crippen molar-refractivity contribution in [3.63, 3.8) is 0 Å². The number of carbonyl (C=O) groups excluding carboxylic acids is 2. The molecule has 4 nitrogen and oxygen atoms in total. The highest BCUT2D eigenvalue weighted by Gasteiger charge is 2.46. The normalized spacial score (nSPS) is 21.9. The molecule has 0 saturated carbocycles. The first-order valence-electron chi connectivity index (χ1n) is 12.9. The number of aryl methyl sites for hydroxylation is 1. The predicted octanol–water partition coefficient (Wildman–Crippen LogP) is 5.01. The number of Topliss-reactive ketones (excluding diaryl/α,β-unsaturated/α-hetero) is 1. The van der Waals surface area contributed by atoms with E-state index >= 15 is 0 Å². The summed E-state index contributed by atoms with van der Waals surface area (Å²) in [6, 6.07) is 15.7. The fourth-order valence-electron chi connectivity index (χ4n) is 6.01. The van der Waals surface area contributed by atoms with E-state index in [4.69, 9.17) is 0 Å². The minimum atomic E-state index is -4.52. The first kappa shape index (κ1) is 26.8. The van der Waals surface area contributed by atoms with Crippen LogP contribution < -0.4 is 10.6 Å². The fourth-order valence-corrected chi connectivity index (χ4v) is 6.01. The van der Waals surface area contributed by atoms with Crippen LogP contribution in [0.2, 0.25) is 0 Å². The number of amides is 1. The van der Waals surface area contributed by atoms with Crippen LogP contribution in [-0.4, -0.2) is 36.2 Å². The highest BCUT2D eigenvalue weighted by Crippen LogP contribution is 2.46. The molecule has 0 N–H and O–H groups in total. The molecule has 2 aliphatic heterocycles. The largest absolute Gasteiger partial charge is 0.416 e.